The van der Waals surface area contributed by atoms with E-state index in [0.29, 0.717) is 0 Å². The monoisotopic (exact) mass is 212 g/mol. The second-order valence-electron chi connectivity index (χ2n) is 0.283. The van der Waals surface area contributed by atoms with Gasteiger partial charge in [0.15, 0.2) is 0 Å². The summed E-state index contributed by atoms with van der Waals surface area (Å²) in [6.07, 6.45) is -1.83. The first-order valence-corrected chi connectivity index (χ1v) is 0.651. The zero-order valence-electron chi connectivity index (χ0n) is 3.18. The Bertz CT molecular complexity index is 33.8. The van der Waals surface area contributed by atoms with Gasteiger partial charge in [-0.3, -0.25) is 0 Å². The van der Waals surface area contributed by atoms with Crippen molar-refractivity contribution in [2.45, 2.75) is 0 Å². The summed E-state index contributed by atoms with van der Waals surface area (Å²) in [5, 5.41) is 13.9. The average Bonchev–Trinajstić information content (AvgIpc) is 0.811. The third-order valence-electron chi connectivity index (χ3n) is 0. The quantitative estimate of drug-likeness (QED) is 0.310. The Morgan fingerprint density at radius 1 is 1.33 bits per heavy atom. The molecule has 0 aliphatic heterocycles. The summed E-state index contributed by atoms with van der Waals surface area (Å²) >= 11 is 0. The van der Waals surface area contributed by atoms with E-state index in [1.165, 1.54) is 0 Å². The molecule has 0 spiro atoms. The minimum atomic E-state index is -1.83. The molecule has 0 bridgehead atoms. The SMILES string of the molecule is O=C(O)O.[I-].[Na+]. The summed E-state index contributed by atoms with van der Waals surface area (Å²) < 4.78 is 0. The van der Waals surface area contributed by atoms with Crippen molar-refractivity contribution in [3.8, 4) is 0 Å². The van der Waals surface area contributed by atoms with Crippen molar-refractivity contribution in [1.82, 2.24) is 0 Å². The van der Waals surface area contributed by atoms with Crippen molar-refractivity contribution in [3.63, 3.8) is 0 Å². The molecule has 0 aliphatic rings. The van der Waals surface area contributed by atoms with Crippen LogP contribution < -0.4 is 53.5 Å². The van der Waals surface area contributed by atoms with E-state index in [9.17, 15) is 0 Å². The van der Waals surface area contributed by atoms with Crippen LogP contribution in [0.15, 0.2) is 0 Å². The minimum absolute atomic E-state index is 0. The molecule has 32 valence electrons. The third-order valence-corrected chi connectivity index (χ3v) is 0. The van der Waals surface area contributed by atoms with Crippen LogP contribution in [0.2, 0.25) is 0 Å². The van der Waals surface area contributed by atoms with Gasteiger partial charge in [0, 0.05) is 0 Å². The van der Waals surface area contributed by atoms with Gasteiger partial charge in [0.1, 0.15) is 0 Å². The van der Waals surface area contributed by atoms with Gasteiger partial charge in [-0.2, -0.15) is 0 Å². The Morgan fingerprint density at radius 3 is 1.33 bits per heavy atom. The summed E-state index contributed by atoms with van der Waals surface area (Å²) in [5.41, 5.74) is 0. The maximum absolute atomic E-state index is 8.56. The third kappa shape index (κ3) is 80.0. The van der Waals surface area contributed by atoms with E-state index in [1.54, 1.807) is 0 Å². The first-order valence-electron chi connectivity index (χ1n) is 0.651. The van der Waals surface area contributed by atoms with Gasteiger partial charge < -0.3 is 34.2 Å². The van der Waals surface area contributed by atoms with Crippen LogP contribution >= 0.6 is 0 Å². The van der Waals surface area contributed by atoms with Crippen LogP contribution in [0, 0.1) is 0 Å². The molecular weight excluding hydrogens is 210 g/mol. The van der Waals surface area contributed by atoms with Crippen LogP contribution in [-0.2, 0) is 0 Å². The molecule has 0 fully saturated rings. The summed E-state index contributed by atoms with van der Waals surface area (Å²) in [5.74, 6) is 0. The Morgan fingerprint density at radius 2 is 1.33 bits per heavy atom. The molecule has 0 aromatic heterocycles. The van der Waals surface area contributed by atoms with Crippen LogP contribution in [0.5, 0.6) is 0 Å². The predicted molar refractivity (Wildman–Crippen MR) is 10.7 cm³/mol. The fraction of sp³-hybridized carbons (Fsp3) is 0. The topological polar surface area (TPSA) is 57.5 Å². The molecule has 0 amide bonds. The van der Waals surface area contributed by atoms with Gasteiger partial charge in [0.05, 0.1) is 0 Å². The van der Waals surface area contributed by atoms with Crippen LogP contribution in [0.3, 0.4) is 0 Å². The standard InChI is InChI=1S/CH2O3.HI.Na/c2-1(3)4;;/h(H2,2,3,4);1H;/q;;+1/p-1. The van der Waals surface area contributed by atoms with Crippen molar-refractivity contribution < 1.29 is 68.5 Å². The molecule has 0 saturated carbocycles. The molecule has 6 heavy (non-hydrogen) atoms. The number of halogens is 1. The molecule has 0 radical (unpaired) electrons. The van der Waals surface area contributed by atoms with Gasteiger partial charge in [0.25, 0.3) is 0 Å². The summed E-state index contributed by atoms with van der Waals surface area (Å²) in [6, 6.07) is 0. The number of hydrogen-bond acceptors (Lipinski definition) is 1. The summed E-state index contributed by atoms with van der Waals surface area (Å²) in [6.45, 7) is 0. The average molecular weight is 212 g/mol. The van der Waals surface area contributed by atoms with Crippen molar-refractivity contribution in [1.29, 1.82) is 0 Å². The second kappa shape index (κ2) is 9.38. The van der Waals surface area contributed by atoms with Gasteiger partial charge in [0.2, 0.25) is 0 Å². The molecule has 0 aliphatic carbocycles. The van der Waals surface area contributed by atoms with E-state index in [4.69, 9.17) is 15.0 Å². The largest absolute Gasteiger partial charge is 1.00 e. The molecule has 0 aromatic carbocycles. The van der Waals surface area contributed by atoms with Crippen LogP contribution in [-0.4, -0.2) is 16.4 Å². The van der Waals surface area contributed by atoms with E-state index in [1.807, 2.05) is 0 Å². The van der Waals surface area contributed by atoms with Gasteiger partial charge >= 0.3 is 35.7 Å². The first kappa shape index (κ1) is 15.8. The van der Waals surface area contributed by atoms with Gasteiger partial charge in [-0.05, 0) is 0 Å². The van der Waals surface area contributed by atoms with Gasteiger partial charge in [-0.1, -0.05) is 0 Å². The van der Waals surface area contributed by atoms with E-state index >= 15 is 0 Å². The van der Waals surface area contributed by atoms with Crippen LogP contribution in [0.25, 0.3) is 0 Å². The van der Waals surface area contributed by atoms with E-state index in [2.05, 4.69) is 0 Å². The second-order valence-corrected chi connectivity index (χ2v) is 0.283. The maximum Gasteiger partial charge on any atom is 1.00 e. The van der Waals surface area contributed by atoms with E-state index in [0.717, 1.165) is 0 Å². The normalized spacial score (nSPS) is 4.00. The minimum Gasteiger partial charge on any atom is -1.00 e. The molecule has 0 aromatic rings. The molecule has 0 saturated heterocycles. The zero-order chi connectivity index (χ0) is 3.58. The molecule has 0 rings (SSSR count). The number of rotatable bonds is 0. The first-order chi connectivity index (χ1) is 1.73. The van der Waals surface area contributed by atoms with Crippen LogP contribution in [0.4, 0.5) is 4.79 Å². The smallest absolute Gasteiger partial charge is 1.00 e. The van der Waals surface area contributed by atoms with Gasteiger partial charge in [-0.15, -0.1) is 0 Å². The Kier molecular flexibility index (Phi) is 24.6. The van der Waals surface area contributed by atoms with Crippen molar-refractivity contribution in [3.05, 3.63) is 0 Å². The summed E-state index contributed by atoms with van der Waals surface area (Å²) in [4.78, 5) is 8.56. The fourth-order valence-electron chi connectivity index (χ4n) is 0. The molecule has 0 unspecified atom stereocenters. The molecule has 0 heterocycles. The van der Waals surface area contributed by atoms with Crippen molar-refractivity contribution >= 4 is 6.16 Å². The van der Waals surface area contributed by atoms with Crippen molar-refractivity contribution in [2.24, 2.45) is 0 Å². The Labute approximate surface area is 74.0 Å². The Hall–Kier alpha value is 1.00. The predicted octanol–water partition coefficient (Wildman–Crippen LogP) is -5.77. The maximum atomic E-state index is 8.56. The number of carbonyl (C=O) groups is 1. The number of hydrogen-bond donors (Lipinski definition) is 2. The van der Waals surface area contributed by atoms with E-state index in [-0.39, 0.29) is 53.5 Å². The van der Waals surface area contributed by atoms with Crippen molar-refractivity contribution in [2.75, 3.05) is 0 Å². The molecular formula is CH2INaO3. The fourth-order valence-corrected chi connectivity index (χ4v) is 0. The summed E-state index contributed by atoms with van der Waals surface area (Å²) in [7, 11) is 0. The molecule has 5 heteroatoms. The molecule has 3 nitrogen and oxygen atoms in total. The molecule has 0 atom stereocenters. The number of carboxylic acid groups (broad SMARTS) is 2. The molecule has 2 N–H and O–H groups in total. The Balaban J connectivity index is -0.0000000450. The van der Waals surface area contributed by atoms with Gasteiger partial charge in [-0.25, -0.2) is 4.79 Å². The van der Waals surface area contributed by atoms with Crippen LogP contribution in [0.1, 0.15) is 0 Å². The zero-order valence-corrected chi connectivity index (χ0v) is 7.34. The van der Waals surface area contributed by atoms with E-state index < -0.39 is 6.16 Å².